The molecule has 0 radical (unpaired) electrons. The second kappa shape index (κ2) is 5.30. The molecule has 1 aliphatic heterocycles. The van der Waals surface area contributed by atoms with E-state index in [1.165, 1.54) is 0 Å². The predicted molar refractivity (Wildman–Crippen MR) is 78.6 cm³/mol. The number of aromatic nitrogens is 2. The minimum atomic E-state index is 0.193. The van der Waals surface area contributed by atoms with Crippen LogP contribution in [0, 0.1) is 0 Å². The summed E-state index contributed by atoms with van der Waals surface area (Å²) in [7, 11) is 0. The first kappa shape index (κ1) is 12.6. The summed E-state index contributed by atoms with van der Waals surface area (Å²) in [5, 5.41) is 3.13. The van der Waals surface area contributed by atoms with E-state index in [0.29, 0.717) is 30.5 Å². The quantitative estimate of drug-likeness (QED) is 0.830. The summed E-state index contributed by atoms with van der Waals surface area (Å²) in [4.78, 5) is 8.50. The number of ether oxygens (including phenoxy) is 2. The van der Waals surface area contributed by atoms with Crippen molar-refractivity contribution in [2.24, 2.45) is 5.73 Å². The molecule has 0 unspecified atom stereocenters. The fourth-order valence-electron chi connectivity index (χ4n) is 1.87. The molecule has 1 aromatic carbocycles. The Morgan fingerprint density at radius 2 is 1.90 bits per heavy atom. The van der Waals surface area contributed by atoms with Crippen molar-refractivity contribution < 1.29 is 9.47 Å². The number of anilines is 2. The van der Waals surface area contributed by atoms with Gasteiger partial charge in [-0.2, -0.15) is 0 Å². The average molecular weight is 288 g/mol. The second-order valence-corrected chi connectivity index (χ2v) is 4.54. The van der Waals surface area contributed by atoms with Gasteiger partial charge >= 0.3 is 0 Å². The smallest absolute Gasteiger partial charge is 0.163 e. The average Bonchev–Trinajstić information content (AvgIpc) is 2.47. The molecule has 20 heavy (non-hydrogen) atoms. The fraction of sp³-hybridized carbons (Fsp3) is 0.154. The maximum Gasteiger partial charge on any atom is 0.163 e. The van der Waals surface area contributed by atoms with Crippen LogP contribution >= 0.6 is 12.2 Å². The van der Waals surface area contributed by atoms with Crippen LogP contribution in [0.2, 0.25) is 0 Å². The lowest BCUT2D eigenvalue weighted by atomic mass is 10.2. The van der Waals surface area contributed by atoms with Gasteiger partial charge in [0, 0.05) is 24.1 Å². The Hall–Kier alpha value is -2.41. The van der Waals surface area contributed by atoms with Gasteiger partial charge in [-0.25, -0.2) is 9.97 Å². The number of benzene rings is 1. The highest BCUT2D eigenvalue weighted by Crippen LogP contribution is 2.33. The van der Waals surface area contributed by atoms with Crippen molar-refractivity contribution in [1.82, 2.24) is 9.97 Å². The first-order chi connectivity index (χ1) is 9.74. The molecule has 3 rings (SSSR count). The number of rotatable bonds is 3. The van der Waals surface area contributed by atoms with Crippen molar-refractivity contribution >= 4 is 28.7 Å². The van der Waals surface area contributed by atoms with Gasteiger partial charge in [0.05, 0.1) is 0 Å². The van der Waals surface area contributed by atoms with E-state index in [1.54, 1.807) is 12.4 Å². The van der Waals surface area contributed by atoms with E-state index in [9.17, 15) is 0 Å². The normalized spacial score (nSPS) is 12.8. The minimum Gasteiger partial charge on any atom is -0.486 e. The molecule has 1 aromatic heterocycles. The van der Waals surface area contributed by atoms with Crippen molar-refractivity contribution in [3.05, 3.63) is 36.3 Å². The van der Waals surface area contributed by atoms with Crippen molar-refractivity contribution in [3.63, 3.8) is 0 Å². The Bertz CT molecular complexity index is 663. The van der Waals surface area contributed by atoms with Gasteiger partial charge in [0.2, 0.25) is 0 Å². The zero-order chi connectivity index (χ0) is 13.9. The van der Waals surface area contributed by atoms with Crippen molar-refractivity contribution in [3.8, 4) is 11.5 Å². The molecule has 102 valence electrons. The lowest BCUT2D eigenvalue weighted by Gasteiger charge is -2.19. The Morgan fingerprint density at radius 1 is 1.15 bits per heavy atom. The van der Waals surface area contributed by atoms with Crippen LogP contribution in [0.5, 0.6) is 11.5 Å². The van der Waals surface area contributed by atoms with E-state index < -0.39 is 0 Å². The molecular formula is C13H12N4O2S. The molecule has 0 atom stereocenters. The molecule has 0 amide bonds. The van der Waals surface area contributed by atoms with Gasteiger partial charge in [0.15, 0.2) is 17.3 Å². The first-order valence-electron chi connectivity index (χ1n) is 6.01. The maximum absolute atomic E-state index is 5.62. The summed E-state index contributed by atoms with van der Waals surface area (Å²) in [5.41, 5.74) is 6.88. The lowest BCUT2D eigenvalue weighted by molar-refractivity contribution is 0.171. The van der Waals surface area contributed by atoms with E-state index >= 15 is 0 Å². The lowest BCUT2D eigenvalue weighted by Crippen LogP contribution is -2.16. The Kier molecular flexibility index (Phi) is 3.34. The Labute approximate surface area is 120 Å². The first-order valence-corrected chi connectivity index (χ1v) is 6.42. The molecule has 0 saturated heterocycles. The van der Waals surface area contributed by atoms with Gasteiger partial charge in [0.25, 0.3) is 0 Å². The zero-order valence-electron chi connectivity index (χ0n) is 10.5. The summed E-state index contributed by atoms with van der Waals surface area (Å²) in [6, 6.07) is 5.55. The highest BCUT2D eigenvalue weighted by molar-refractivity contribution is 7.80. The predicted octanol–water partition coefficient (Wildman–Crippen LogP) is 1.63. The van der Waals surface area contributed by atoms with E-state index in [-0.39, 0.29) is 4.99 Å². The number of nitrogens with one attached hydrogen (secondary N) is 1. The van der Waals surface area contributed by atoms with Crippen molar-refractivity contribution in [2.75, 3.05) is 18.5 Å². The molecule has 3 N–H and O–H groups in total. The van der Waals surface area contributed by atoms with Crippen LogP contribution in [0.1, 0.15) is 5.69 Å². The highest BCUT2D eigenvalue weighted by Gasteiger charge is 2.13. The van der Waals surface area contributed by atoms with Gasteiger partial charge in [-0.1, -0.05) is 12.2 Å². The van der Waals surface area contributed by atoms with E-state index in [2.05, 4.69) is 15.3 Å². The van der Waals surface area contributed by atoms with Crippen LogP contribution in [0.25, 0.3) is 0 Å². The van der Waals surface area contributed by atoms with Gasteiger partial charge < -0.3 is 20.5 Å². The summed E-state index contributed by atoms with van der Waals surface area (Å²) in [6.07, 6.45) is 3.12. The SMILES string of the molecule is NC(=S)c1nccnc1Nc1ccc2c(c1)OCCO2. The molecule has 1 aliphatic rings. The summed E-state index contributed by atoms with van der Waals surface area (Å²) in [6.45, 7) is 1.11. The molecule has 6 nitrogen and oxygen atoms in total. The molecule has 7 heteroatoms. The molecule has 2 heterocycles. The van der Waals surface area contributed by atoms with Crippen LogP contribution in [-0.2, 0) is 0 Å². The molecule has 0 spiro atoms. The van der Waals surface area contributed by atoms with Crippen molar-refractivity contribution in [1.29, 1.82) is 0 Å². The van der Waals surface area contributed by atoms with Crippen LogP contribution < -0.4 is 20.5 Å². The van der Waals surface area contributed by atoms with Crippen LogP contribution in [0.4, 0.5) is 11.5 Å². The van der Waals surface area contributed by atoms with Gasteiger partial charge in [-0.15, -0.1) is 0 Å². The van der Waals surface area contributed by atoms with Gasteiger partial charge in [-0.3, -0.25) is 0 Å². The zero-order valence-corrected chi connectivity index (χ0v) is 11.3. The molecule has 0 fully saturated rings. The van der Waals surface area contributed by atoms with Crippen LogP contribution in [0.3, 0.4) is 0 Å². The Morgan fingerprint density at radius 3 is 2.70 bits per heavy atom. The van der Waals surface area contributed by atoms with Gasteiger partial charge in [0.1, 0.15) is 23.9 Å². The van der Waals surface area contributed by atoms with E-state index in [0.717, 1.165) is 11.4 Å². The standard InChI is InChI=1S/C13H12N4O2S/c14-12(20)11-13(16-4-3-15-11)17-8-1-2-9-10(7-8)19-6-5-18-9/h1-4,7H,5-6H2,(H2,14,20)(H,16,17). The minimum absolute atomic E-state index is 0.193. The van der Waals surface area contributed by atoms with Crippen LogP contribution in [0.15, 0.2) is 30.6 Å². The maximum atomic E-state index is 5.62. The molecule has 2 aromatic rings. The van der Waals surface area contributed by atoms with Gasteiger partial charge in [-0.05, 0) is 12.1 Å². The topological polar surface area (TPSA) is 82.3 Å². The fourth-order valence-corrected chi connectivity index (χ4v) is 2.02. The highest BCUT2D eigenvalue weighted by atomic mass is 32.1. The number of hydrogen-bond acceptors (Lipinski definition) is 6. The summed E-state index contributed by atoms with van der Waals surface area (Å²) < 4.78 is 11.0. The Balaban J connectivity index is 1.90. The van der Waals surface area contributed by atoms with Crippen LogP contribution in [-0.4, -0.2) is 28.2 Å². The summed E-state index contributed by atoms with van der Waals surface area (Å²) >= 11 is 4.95. The molecule has 0 saturated carbocycles. The third-order valence-corrected chi connectivity index (χ3v) is 2.93. The number of nitrogens with two attached hydrogens (primary N) is 1. The molecule has 0 aliphatic carbocycles. The number of hydrogen-bond donors (Lipinski definition) is 2. The van der Waals surface area contributed by atoms with Crippen molar-refractivity contribution in [2.45, 2.75) is 0 Å². The monoisotopic (exact) mass is 288 g/mol. The third kappa shape index (κ3) is 2.48. The molecular weight excluding hydrogens is 276 g/mol. The second-order valence-electron chi connectivity index (χ2n) is 4.10. The van der Waals surface area contributed by atoms with E-state index in [4.69, 9.17) is 27.4 Å². The third-order valence-electron chi connectivity index (χ3n) is 2.74. The summed E-state index contributed by atoms with van der Waals surface area (Å²) in [5.74, 6) is 1.94. The number of fused-ring (bicyclic) bond motifs is 1. The number of thiocarbonyl (C=S) groups is 1. The number of nitrogens with zero attached hydrogens (tertiary/aromatic N) is 2. The molecule has 0 bridgehead atoms. The largest absolute Gasteiger partial charge is 0.486 e. The van der Waals surface area contributed by atoms with E-state index in [1.807, 2.05) is 18.2 Å².